The lowest BCUT2D eigenvalue weighted by atomic mass is 10.0. The van der Waals surface area contributed by atoms with Crippen molar-refractivity contribution in [1.29, 1.82) is 0 Å². The zero-order valence-electron chi connectivity index (χ0n) is 9.50. The molecule has 1 aliphatic heterocycles. The first kappa shape index (κ1) is 12.4. The highest BCUT2D eigenvalue weighted by Crippen LogP contribution is 2.33. The number of aliphatic carboxylic acids is 1. The number of carbonyl (C=O) groups excluding carboxylic acids is 1. The Morgan fingerprint density at radius 1 is 1.44 bits per heavy atom. The summed E-state index contributed by atoms with van der Waals surface area (Å²) in [6.07, 6.45) is 0. The summed E-state index contributed by atoms with van der Waals surface area (Å²) in [7, 11) is 0. The number of aliphatic hydroxyl groups excluding tert-OH is 1. The molecule has 1 heterocycles. The van der Waals surface area contributed by atoms with E-state index in [0.29, 0.717) is 5.75 Å². The molecular formula is C12H13NO5. The molecule has 0 bridgehead atoms. The van der Waals surface area contributed by atoms with Crippen LogP contribution < -0.4 is 10.1 Å². The number of para-hydroxylation sites is 1. The minimum absolute atomic E-state index is 0.183. The maximum Gasteiger partial charge on any atom is 0.328 e. The van der Waals surface area contributed by atoms with Crippen LogP contribution in [0.4, 0.5) is 0 Å². The monoisotopic (exact) mass is 251 g/mol. The summed E-state index contributed by atoms with van der Waals surface area (Å²) in [4.78, 5) is 22.6. The van der Waals surface area contributed by atoms with Crippen molar-refractivity contribution in [2.45, 2.75) is 12.0 Å². The Balaban J connectivity index is 2.10. The van der Waals surface area contributed by atoms with E-state index in [2.05, 4.69) is 5.32 Å². The summed E-state index contributed by atoms with van der Waals surface area (Å²) in [5.41, 5.74) is 0.733. The second-order valence-electron chi connectivity index (χ2n) is 3.98. The van der Waals surface area contributed by atoms with Crippen molar-refractivity contribution in [3.8, 4) is 5.75 Å². The van der Waals surface area contributed by atoms with Crippen LogP contribution in [0.3, 0.4) is 0 Å². The predicted octanol–water partition coefficient (Wildman–Crippen LogP) is -0.276. The van der Waals surface area contributed by atoms with Crippen molar-refractivity contribution < 1.29 is 24.5 Å². The SMILES string of the molecule is O=C(O)C(CO)NC(=O)C1COc2ccccc21. The van der Waals surface area contributed by atoms with Crippen molar-refractivity contribution >= 4 is 11.9 Å². The van der Waals surface area contributed by atoms with E-state index in [4.69, 9.17) is 14.9 Å². The number of amides is 1. The topological polar surface area (TPSA) is 95.9 Å². The van der Waals surface area contributed by atoms with Crippen LogP contribution in [0.15, 0.2) is 24.3 Å². The number of carboxylic acid groups (broad SMARTS) is 1. The molecule has 3 N–H and O–H groups in total. The van der Waals surface area contributed by atoms with Gasteiger partial charge < -0.3 is 20.3 Å². The number of rotatable bonds is 4. The molecule has 0 saturated heterocycles. The lowest BCUT2D eigenvalue weighted by Gasteiger charge is -2.14. The average molecular weight is 251 g/mol. The quantitative estimate of drug-likeness (QED) is 0.684. The fraction of sp³-hybridized carbons (Fsp3) is 0.333. The van der Waals surface area contributed by atoms with E-state index in [1.165, 1.54) is 0 Å². The first-order valence-electron chi connectivity index (χ1n) is 5.49. The minimum Gasteiger partial charge on any atom is -0.492 e. The van der Waals surface area contributed by atoms with Crippen LogP contribution in [0.1, 0.15) is 11.5 Å². The second-order valence-corrected chi connectivity index (χ2v) is 3.98. The van der Waals surface area contributed by atoms with Crippen LogP contribution in [-0.2, 0) is 9.59 Å². The van der Waals surface area contributed by atoms with Crippen molar-refractivity contribution in [1.82, 2.24) is 5.32 Å². The molecule has 1 aromatic carbocycles. The summed E-state index contributed by atoms with van der Waals surface area (Å²) in [5, 5.41) is 19.9. The second kappa shape index (κ2) is 5.05. The molecule has 0 aliphatic carbocycles. The lowest BCUT2D eigenvalue weighted by Crippen LogP contribution is -2.45. The molecule has 6 nitrogen and oxygen atoms in total. The number of fused-ring (bicyclic) bond motifs is 1. The molecule has 1 aromatic rings. The normalized spacial score (nSPS) is 18.6. The van der Waals surface area contributed by atoms with E-state index in [9.17, 15) is 9.59 Å². The molecule has 1 amide bonds. The molecule has 2 atom stereocenters. The molecule has 96 valence electrons. The third-order valence-electron chi connectivity index (χ3n) is 2.81. The van der Waals surface area contributed by atoms with Gasteiger partial charge in [0.1, 0.15) is 24.3 Å². The maximum atomic E-state index is 11.9. The van der Waals surface area contributed by atoms with Crippen LogP contribution in [0.5, 0.6) is 5.75 Å². The standard InChI is InChI=1S/C12H13NO5/c14-5-9(12(16)17)13-11(15)8-6-18-10-4-2-1-3-7(8)10/h1-4,8-9,14H,5-6H2,(H,13,15)(H,16,17). The van der Waals surface area contributed by atoms with Gasteiger partial charge in [-0.3, -0.25) is 4.79 Å². The molecule has 0 spiro atoms. The van der Waals surface area contributed by atoms with Crippen molar-refractivity contribution in [3.05, 3.63) is 29.8 Å². The van der Waals surface area contributed by atoms with E-state index in [1.54, 1.807) is 24.3 Å². The van der Waals surface area contributed by atoms with Gasteiger partial charge in [-0.1, -0.05) is 18.2 Å². The van der Waals surface area contributed by atoms with Gasteiger partial charge in [-0.05, 0) is 6.07 Å². The van der Waals surface area contributed by atoms with Gasteiger partial charge in [-0.15, -0.1) is 0 Å². The van der Waals surface area contributed by atoms with E-state index >= 15 is 0 Å². The predicted molar refractivity (Wildman–Crippen MR) is 61.3 cm³/mol. The number of nitrogens with one attached hydrogen (secondary N) is 1. The number of ether oxygens (including phenoxy) is 1. The highest BCUT2D eigenvalue weighted by Gasteiger charge is 2.32. The molecule has 0 fully saturated rings. The first-order chi connectivity index (χ1) is 8.63. The number of carboxylic acids is 1. The fourth-order valence-corrected chi connectivity index (χ4v) is 1.84. The fourth-order valence-electron chi connectivity index (χ4n) is 1.84. The Morgan fingerprint density at radius 3 is 2.83 bits per heavy atom. The van der Waals surface area contributed by atoms with Crippen molar-refractivity contribution in [3.63, 3.8) is 0 Å². The lowest BCUT2D eigenvalue weighted by molar-refractivity contribution is -0.143. The molecule has 0 aromatic heterocycles. The summed E-state index contributed by atoms with van der Waals surface area (Å²) in [6, 6.07) is 5.82. The van der Waals surface area contributed by atoms with Crippen molar-refractivity contribution in [2.24, 2.45) is 0 Å². The van der Waals surface area contributed by atoms with Gasteiger partial charge in [0.2, 0.25) is 5.91 Å². The molecule has 18 heavy (non-hydrogen) atoms. The number of hydrogen-bond acceptors (Lipinski definition) is 4. The number of carbonyl (C=O) groups is 2. The van der Waals surface area contributed by atoms with Crippen molar-refractivity contribution in [2.75, 3.05) is 13.2 Å². The summed E-state index contributed by atoms with van der Waals surface area (Å²) >= 11 is 0. The van der Waals surface area contributed by atoms with Crippen LogP contribution in [0.25, 0.3) is 0 Å². The van der Waals surface area contributed by atoms with E-state index in [0.717, 1.165) is 5.56 Å². The molecule has 2 rings (SSSR count). The molecular weight excluding hydrogens is 238 g/mol. The maximum absolute atomic E-state index is 11.9. The Bertz CT molecular complexity index is 473. The van der Waals surface area contributed by atoms with Gasteiger partial charge in [0.25, 0.3) is 0 Å². The largest absolute Gasteiger partial charge is 0.492 e. The molecule has 6 heteroatoms. The minimum atomic E-state index is -1.29. The number of aliphatic hydroxyl groups is 1. The first-order valence-corrected chi connectivity index (χ1v) is 5.49. The zero-order chi connectivity index (χ0) is 13.1. The van der Waals surface area contributed by atoms with Gasteiger partial charge in [-0.2, -0.15) is 0 Å². The Hall–Kier alpha value is -2.08. The molecule has 0 saturated carbocycles. The van der Waals surface area contributed by atoms with Crippen LogP contribution in [0, 0.1) is 0 Å². The van der Waals surface area contributed by atoms with Gasteiger partial charge >= 0.3 is 5.97 Å². The van der Waals surface area contributed by atoms with Gasteiger partial charge in [0, 0.05) is 5.56 Å². The summed E-state index contributed by atoms with van der Waals surface area (Å²) in [5.74, 6) is -1.62. The van der Waals surface area contributed by atoms with E-state index < -0.39 is 30.4 Å². The van der Waals surface area contributed by atoms with Gasteiger partial charge in [-0.25, -0.2) is 4.79 Å². The average Bonchev–Trinajstić information content (AvgIpc) is 2.79. The van der Waals surface area contributed by atoms with Gasteiger partial charge in [0.15, 0.2) is 0 Å². The number of benzene rings is 1. The summed E-state index contributed by atoms with van der Waals surface area (Å²) < 4.78 is 5.34. The third-order valence-corrected chi connectivity index (χ3v) is 2.81. The summed E-state index contributed by atoms with van der Waals surface area (Å²) in [6.45, 7) is -0.459. The molecule has 2 unspecified atom stereocenters. The van der Waals surface area contributed by atoms with Crippen LogP contribution in [0.2, 0.25) is 0 Å². The highest BCUT2D eigenvalue weighted by molar-refractivity contribution is 5.89. The van der Waals surface area contributed by atoms with E-state index in [1.807, 2.05) is 0 Å². The highest BCUT2D eigenvalue weighted by atomic mass is 16.5. The third kappa shape index (κ3) is 2.28. The zero-order valence-corrected chi connectivity index (χ0v) is 9.50. The Morgan fingerprint density at radius 2 is 2.17 bits per heavy atom. The van der Waals surface area contributed by atoms with E-state index in [-0.39, 0.29) is 6.61 Å². The smallest absolute Gasteiger partial charge is 0.328 e. The Labute approximate surface area is 103 Å². The van der Waals surface area contributed by atoms with Crippen LogP contribution >= 0.6 is 0 Å². The van der Waals surface area contributed by atoms with Gasteiger partial charge in [0.05, 0.1) is 6.61 Å². The molecule has 1 aliphatic rings. The van der Waals surface area contributed by atoms with Crippen LogP contribution in [-0.4, -0.2) is 41.3 Å². The number of hydrogen-bond donors (Lipinski definition) is 3. The molecule has 0 radical (unpaired) electrons. The Kier molecular flexibility index (Phi) is 3.47.